The summed E-state index contributed by atoms with van der Waals surface area (Å²) < 4.78 is 41.2. The summed E-state index contributed by atoms with van der Waals surface area (Å²) >= 11 is 0. The summed E-state index contributed by atoms with van der Waals surface area (Å²) in [6.07, 6.45) is 4.07. The van der Waals surface area contributed by atoms with E-state index in [1.807, 2.05) is 0 Å². The maximum Gasteiger partial charge on any atom is 0.214 e. The third kappa shape index (κ3) is 2.74. The minimum Gasteiger partial charge on any atom is -0.322 e. The van der Waals surface area contributed by atoms with Crippen LogP contribution in [0.4, 0.5) is 13.2 Å². The highest BCUT2D eigenvalue weighted by Gasteiger charge is 2.23. The summed E-state index contributed by atoms with van der Waals surface area (Å²) in [5.74, 6) is -1.82. The largest absolute Gasteiger partial charge is 0.322 e. The fraction of sp³-hybridized carbons (Fsp3) is 0.200. The van der Waals surface area contributed by atoms with Gasteiger partial charge in [-0.15, -0.1) is 0 Å². The Morgan fingerprint density at radius 1 is 1.14 bits per heavy atom. The van der Waals surface area contributed by atoms with Gasteiger partial charge in [0.15, 0.2) is 5.95 Å². The van der Waals surface area contributed by atoms with Crippen LogP contribution in [0, 0.1) is 5.82 Å². The third-order valence-electron chi connectivity index (χ3n) is 3.53. The second-order valence-electron chi connectivity index (χ2n) is 4.93. The van der Waals surface area contributed by atoms with Gasteiger partial charge in [-0.25, -0.2) is 14.1 Å². The first-order chi connectivity index (χ1) is 10.5. The van der Waals surface area contributed by atoms with Gasteiger partial charge in [0.05, 0.1) is 17.9 Å². The lowest BCUT2D eigenvalue weighted by Gasteiger charge is -2.28. The molecule has 0 unspecified atom stereocenters. The second kappa shape index (κ2) is 5.67. The molecule has 4 nitrogen and oxygen atoms in total. The molecule has 22 heavy (non-hydrogen) atoms. The van der Waals surface area contributed by atoms with Gasteiger partial charge in [-0.2, -0.15) is 13.9 Å². The van der Waals surface area contributed by atoms with Crippen LogP contribution >= 0.6 is 0 Å². The van der Waals surface area contributed by atoms with Crippen molar-refractivity contribution in [2.75, 3.05) is 6.67 Å². The van der Waals surface area contributed by atoms with Crippen LogP contribution < -0.4 is 0 Å². The molecule has 0 saturated heterocycles. The van der Waals surface area contributed by atoms with Crippen molar-refractivity contribution < 1.29 is 13.2 Å². The fourth-order valence-corrected chi connectivity index (χ4v) is 2.21. The molecule has 7 heteroatoms. The lowest BCUT2D eigenvalue weighted by atomic mass is 10.1. The Hall–Kier alpha value is -2.57. The van der Waals surface area contributed by atoms with Crippen LogP contribution in [0.25, 0.3) is 5.69 Å². The highest BCUT2D eigenvalue weighted by atomic mass is 19.1. The predicted octanol–water partition coefficient (Wildman–Crippen LogP) is 3.52. The van der Waals surface area contributed by atoms with Crippen LogP contribution in [-0.4, -0.2) is 27.3 Å². The molecule has 3 rings (SSSR count). The van der Waals surface area contributed by atoms with Crippen molar-refractivity contribution in [3.63, 3.8) is 0 Å². The molecule has 0 N–H and O–H groups in total. The molecule has 0 aliphatic carbocycles. The van der Waals surface area contributed by atoms with E-state index in [4.69, 9.17) is 0 Å². The maximum absolute atomic E-state index is 13.8. The van der Waals surface area contributed by atoms with Crippen molar-refractivity contribution in [1.29, 1.82) is 0 Å². The number of nitrogens with zero attached hydrogens (tertiary/aromatic N) is 4. The lowest BCUT2D eigenvalue weighted by molar-refractivity contribution is 0.214. The second-order valence-corrected chi connectivity index (χ2v) is 4.93. The van der Waals surface area contributed by atoms with E-state index in [2.05, 4.69) is 10.1 Å². The summed E-state index contributed by atoms with van der Waals surface area (Å²) in [5, 5.41) is 4.19. The molecule has 0 amide bonds. The Morgan fingerprint density at radius 3 is 2.55 bits per heavy atom. The van der Waals surface area contributed by atoms with Crippen LogP contribution in [0.15, 0.2) is 53.7 Å². The van der Waals surface area contributed by atoms with Gasteiger partial charge in [-0.3, -0.25) is 0 Å². The molecule has 0 bridgehead atoms. The topological polar surface area (TPSA) is 33.4 Å². The zero-order chi connectivity index (χ0) is 15.7. The summed E-state index contributed by atoms with van der Waals surface area (Å²) in [6, 6.07) is 5.51. The van der Waals surface area contributed by atoms with Crippen LogP contribution in [0.1, 0.15) is 18.5 Å². The van der Waals surface area contributed by atoms with Gasteiger partial charge in [-0.05, 0) is 31.2 Å². The summed E-state index contributed by atoms with van der Waals surface area (Å²) in [7, 11) is 0. The highest BCUT2D eigenvalue weighted by Crippen LogP contribution is 2.27. The van der Waals surface area contributed by atoms with Crippen molar-refractivity contribution in [3.8, 4) is 5.69 Å². The predicted molar refractivity (Wildman–Crippen MR) is 76.4 cm³/mol. The number of hydrogen-bond donors (Lipinski definition) is 0. The smallest absolute Gasteiger partial charge is 0.214 e. The van der Waals surface area contributed by atoms with E-state index < -0.39 is 11.9 Å². The quantitative estimate of drug-likeness (QED) is 0.813. The van der Waals surface area contributed by atoms with E-state index in [1.165, 1.54) is 17.0 Å². The van der Waals surface area contributed by atoms with E-state index in [0.29, 0.717) is 5.69 Å². The standard InChI is InChI=1S/C15H13F3N4/c1-10(21-9-19-14(17)6-15(21)18)11-7-20-22(8-11)13-4-2-12(16)3-5-13/h2-8,10H,9H2,1H3/t10-/m0/s1. The summed E-state index contributed by atoms with van der Waals surface area (Å²) in [4.78, 5) is 4.90. The van der Waals surface area contributed by atoms with Crippen LogP contribution in [0.5, 0.6) is 0 Å². The normalized spacial score (nSPS) is 16.3. The third-order valence-corrected chi connectivity index (χ3v) is 3.53. The first-order valence-electron chi connectivity index (χ1n) is 6.69. The zero-order valence-electron chi connectivity index (χ0n) is 11.7. The number of hydrogen-bond acceptors (Lipinski definition) is 3. The Kier molecular flexibility index (Phi) is 3.70. The van der Waals surface area contributed by atoms with Crippen LogP contribution in [0.3, 0.4) is 0 Å². The molecule has 114 valence electrons. The van der Waals surface area contributed by atoms with Crippen molar-refractivity contribution in [1.82, 2.24) is 14.7 Å². The molecule has 0 saturated carbocycles. The molecule has 1 aliphatic rings. The molecular formula is C15H13F3N4. The Bertz CT molecular complexity index is 734. The van der Waals surface area contributed by atoms with Crippen LogP contribution in [0.2, 0.25) is 0 Å². The van der Waals surface area contributed by atoms with Crippen molar-refractivity contribution in [2.45, 2.75) is 13.0 Å². The zero-order valence-corrected chi connectivity index (χ0v) is 11.7. The van der Waals surface area contributed by atoms with Crippen molar-refractivity contribution >= 4 is 5.97 Å². The van der Waals surface area contributed by atoms with E-state index in [-0.39, 0.29) is 18.5 Å². The summed E-state index contributed by atoms with van der Waals surface area (Å²) in [5.41, 5.74) is 1.43. The first kappa shape index (κ1) is 14.4. The van der Waals surface area contributed by atoms with Gasteiger partial charge in [0.25, 0.3) is 0 Å². The molecular weight excluding hydrogens is 293 g/mol. The number of allylic oxidation sites excluding steroid dienone is 1. The van der Waals surface area contributed by atoms with Gasteiger partial charge in [0, 0.05) is 17.8 Å². The van der Waals surface area contributed by atoms with E-state index in [0.717, 1.165) is 11.6 Å². The van der Waals surface area contributed by atoms with E-state index in [1.54, 1.807) is 36.1 Å². The fourth-order valence-electron chi connectivity index (χ4n) is 2.21. The van der Waals surface area contributed by atoms with Gasteiger partial charge in [0.2, 0.25) is 5.97 Å². The Labute approximate surface area is 125 Å². The van der Waals surface area contributed by atoms with Crippen molar-refractivity contribution in [2.24, 2.45) is 4.99 Å². The molecule has 2 aromatic rings. The van der Waals surface area contributed by atoms with E-state index in [9.17, 15) is 13.2 Å². The Morgan fingerprint density at radius 2 is 1.86 bits per heavy atom. The molecule has 0 fully saturated rings. The monoisotopic (exact) mass is 306 g/mol. The van der Waals surface area contributed by atoms with Gasteiger partial charge in [0.1, 0.15) is 12.5 Å². The van der Waals surface area contributed by atoms with Gasteiger partial charge >= 0.3 is 0 Å². The number of aliphatic imine (C=N–C) groups is 1. The SMILES string of the molecule is C[C@@H](c1cnn(-c2ccc(F)cc2)c1)N1CN=C(F)C=C1F. The molecule has 1 aromatic carbocycles. The first-order valence-corrected chi connectivity index (χ1v) is 6.69. The van der Waals surface area contributed by atoms with E-state index >= 15 is 0 Å². The lowest BCUT2D eigenvalue weighted by Crippen LogP contribution is -2.28. The van der Waals surface area contributed by atoms with Crippen molar-refractivity contribution in [3.05, 3.63) is 60.1 Å². The number of benzene rings is 1. The average molecular weight is 306 g/mol. The maximum atomic E-state index is 13.8. The molecule has 0 spiro atoms. The molecule has 1 atom stereocenters. The molecule has 2 heterocycles. The summed E-state index contributed by atoms with van der Waals surface area (Å²) in [6.45, 7) is 1.69. The Balaban J connectivity index is 1.82. The average Bonchev–Trinajstić information content (AvgIpc) is 2.97. The van der Waals surface area contributed by atoms with Gasteiger partial charge < -0.3 is 4.90 Å². The number of halogens is 3. The minimum absolute atomic E-state index is 0.0862. The molecule has 1 aromatic heterocycles. The van der Waals surface area contributed by atoms with Crippen LogP contribution in [-0.2, 0) is 0 Å². The molecule has 1 aliphatic heterocycles. The van der Waals surface area contributed by atoms with Gasteiger partial charge in [-0.1, -0.05) is 0 Å². The minimum atomic E-state index is -0.817. The number of rotatable bonds is 3. The molecule has 0 radical (unpaired) electrons. The highest BCUT2D eigenvalue weighted by molar-refractivity contribution is 5.87. The number of aromatic nitrogens is 2.